The molecule has 0 bridgehead atoms. The van der Waals surface area contributed by atoms with E-state index in [4.69, 9.17) is 14.2 Å². The van der Waals surface area contributed by atoms with Gasteiger partial charge < -0.3 is 29.3 Å². The van der Waals surface area contributed by atoms with E-state index in [0.29, 0.717) is 17.2 Å². The van der Waals surface area contributed by atoms with Gasteiger partial charge in [0, 0.05) is 44.0 Å². The highest BCUT2D eigenvalue weighted by atomic mass is 32.2. The molecule has 0 aliphatic carbocycles. The Morgan fingerprint density at radius 3 is 2.26 bits per heavy atom. The lowest BCUT2D eigenvalue weighted by molar-refractivity contribution is -0.113. The van der Waals surface area contributed by atoms with Crippen molar-refractivity contribution in [2.75, 3.05) is 68.4 Å². The van der Waals surface area contributed by atoms with Gasteiger partial charge in [0.1, 0.15) is 34.4 Å². The number of aromatic nitrogens is 2. The largest absolute Gasteiger partial charge is 0.497 e. The van der Waals surface area contributed by atoms with Gasteiger partial charge in [-0.1, -0.05) is 11.8 Å². The lowest BCUT2D eigenvalue weighted by Crippen LogP contribution is -2.46. The van der Waals surface area contributed by atoms with Gasteiger partial charge in [-0.05, 0) is 36.4 Å². The number of carbonyl (C=O) groups excluding carboxylic acids is 1. The van der Waals surface area contributed by atoms with Gasteiger partial charge in [0.15, 0.2) is 0 Å². The van der Waals surface area contributed by atoms with E-state index in [1.54, 1.807) is 45.9 Å². The van der Waals surface area contributed by atoms with Gasteiger partial charge in [0.25, 0.3) is 0 Å². The highest BCUT2D eigenvalue weighted by Gasteiger charge is 2.19. The second kappa shape index (κ2) is 11.7. The number of piperazine rings is 1. The van der Waals surface area contributed by atoms with E-state index in [2.05, 4.69) is 37.2 Å². The summed E-state index contributed by atoms with van der Waals surface area (Å²) in [5, 5.41) is 3.64. The molecular weight excluding hydrogens is 466 g/mol. The van der Waals surface area contributed by atoms with Crippen molar-refractivity contribution in [3.63, 3.8) is 0 Å². The number of thioether (sulfide) groups is 1. The summed E-state index contributed by atoms with van der Waals surface area (Å²) in [5.41, 5.74) is 1.78. The fourth-order valence-corrected chi connectivity index (χ4v) is 4.46. The Balaban J connectivity index is 1.30. The Hall–Kier alpha value is -3.66. The van der Waals surface area contributed by atoms with Gasteiger partial charge in [0.05, 0.1) is 32.8 Å². The Bertz CT molecular complexity index is 1140. The van der Waals surface area contributed by atoms with Crippen LogP contribution in [0.25, 0.3) is 0 Å². The third-order valence-electron chi connectivity index (χ3n) is 5.70. The smallest absolute Gasteiger partial charge is 0.234 e. The van der Waals surface area contributed by atoms with Crippen LogP contribution < -0.4 is 29.3 Å². The van der Waals surface area contributed by atoms with E-state index in [1.807, 2.05) is 18.2 Å². The molecule has 0 unspecified atom stereocenters. The van der Waals surface area contributed by atoms with Gasteiger partial charge in [0.2, 0.25) is 5.91 Å². The third-order valence-corrected chi connectivity index (χ3v) is 6.63. The fourth-order valence-electron chi connectivity index (χ4n) is 3.80. The Labute approximate surface area is 209 Å². The third kappa shape index (κ3) is 6.27. The summed E-state index contributed by atoms with van der Waals surface area (Å²) in [6.45, 7) is 3.49. The quantitative estimate of drug-likeness (QED) is 0.354. The number of anilines is 3. The number of ether oxygens (including phenoxy) is 3. The zero-order valence-corrected chi connectivity index (χ0v) is 20.9. The van der Waals surface area contributed by atoms with Gasteiger partial charge >= 0.3 is 0 Å². The number of amides is 1. The van der Waals surface area contributed by atoms with Crippen LogP contribution in [0.15, 0.2) is 59.9 Å². The maximum Gasteiger partial charge on any atom is 0.234 e. The number of benzene rings is 2. The van der Waals surface area contributed by atoms with Crippen LogP contribution in [0.4, 0.5) is 17.2 Å². The maximum atomic E-state index is 12.5. The molecule has 1 aromatic heterocycles. The van der Waals surface area contributed by atoms with E-state index in [1.165, 1.54) is 17.4 Å². The topological polar surface area (TPSA) is 89.1 Å². The van der Waals surface area contributed by atoms with Crippen LogP contribution in [-0.4, -0.2) is 69.1 Å². The van der Waals surface area contributed by atoms with Crippen LogP contribution >= 0.6 is 11.8 Å². The van der Waals surface area contributed by atoms with Crippen molar-refractivity contribution in [2.24, 2.45) is 0 Å². The number of hydrogen-bond acceptors (Lipinski definition) is 9. The predicted molar refractivity (Wildman–Crippen MR) is 138 cm³/mol. The normalized spacial score (nSPS) is 13.3. The molecule has 184 valence electrons. The SMILES string of the molecule is COc1ccc(N2CCN(c3cc(SCC(=O)Nc4ccc(OC)cc4OC)ncn3)CC2)cc1. The summed E-state index contributed by atoms with van der Waals surface area (Å²) in [6, 6.07) is 15.3. The van der Waals surface area contributed by atoms with E-state index in [-0.39, 0.29) is 11.7 Å². The predicted octanol–water partition coefficient (Wildman–Crippen LogP) is 3.56. The van der Waals surface area contributed by atoms with Crippen LogP contribution in [0.3, 0.4) is 0 Å². The number of hydrogen-bond donors (Lipinski definition) is 1. The minimum Gasteiger partial charge on any atom is -0.497 e. The molecule has 1 aliphatic heterocycles. The molecule has 1 aliphatic rings. The minimum atomic E-state index is -0.147. The van der Waals surface area contributed by atoms with Crippen molar-refractivity contribution >= 4 is 34.9 Å². The van der Waals surface area contributed by atoms with Gasteiger partial charge in [-0.25, -0.2) is 9.97 Å². The standard InChI is InChI=1S/C25H29N5O4S/c1-32-19-6-4-18(5-7-19)29-10-12-30(13-11-29)23-15-25(27-17-26-23)35-16-24(31)28-21-9-8-20(33-2)14-22(21)34-3/h4-9,14-15,17H,10-13,16H2,1-3H3,(H,28,31). The molecule has 2 aromatic carbocycles. The monoisotopic (exact) mass is 495 g/mol. The average molecular weight is 496 g/mol. The van der Waals surface area contributed by atoms with Gasteiger partial charge in [-0.3, -0.25) is 4.79 Å². The maximum absolute atomic E-state index is 12.5. The molecule has 4 rings (SSSR count). The first kappa shape index (κ1) is 24.5. The lowest BCUT2D eigenvalue weighted by Gasteiger charge is -2.36. The first-order valence-corrected chi connectivity index (χ1v) is 12.2. The summed E-state index contributed by atoms with van der Waals surface area (Å²) in [6.07, 6.45) is 1.55. The van der Waals surface area contributed by atoms with E-state index in [0.717, 1.165) is 42.8 Å². The second-order valence-corrected chi connectivity index (χ2v) is 8.79. The molecule has 1 fully saturated rings. The van der Waals surface area contributed by atoms with Gasteiger partial charge in [-0.15, -0.1) is 0 Å². The summed E-state index contributed by atoms with van der Waals surface area (Å²) < 4.78 is 15.8. The highest BCUT2D eigenvalue weighted by Crippen LogP contribution is 2.29. The second-order valence-electron chi connectivity index (χ2n) is 7.79. The van der Waals surface area contributed by atoms with Crippen molar-refractivity contribution in [3.05, 3.63) is 54.9 Å². The van der Waals surface area contributed by atoms with Crippen LogP contribution in [0.1, 0.15) is 0 Å². The first-order valence-electron chi connectivity index (χ1n) is 11.2. The van der Waals surface area contributed by atoms with Crippen molar-refractivity contribution in [1.29, 1.82) is 0 Å². The van der Waals surface area contributed by atoms with Crippen molar-refractivity contribution in [3.8, 4) is 17.2 Å². The number of rotatable bonds is 9. The van der Waals surface area contributed by atoms with E-state index >= 15 is 0 Å². The molecule has 0 radical (unpaired) electrons. The Kier molecular flexibility index (Phi) is 8.15. The molecule has 1 amide bonds. The van der Waals surface area contributed by atoms with E-state index in [9.17, 15) is 4.79 Å². The molecule has 10 heteroatoms. The summed E-state index contributed by atoms with van der Waals surface area (Å²) in [5.74, 6) is 3.00. The summed E-state index contributed by atoms with van der Waals surface area (Å²) in [7, 11) is 4.81. The van der Waals surface area contributed by atoms with Crippen molar-refractivity contribution in [1.82, 2.24) is 9.97 Å². The first-order chi connectivity index (χ1) is 17.1. The molecule has 0 saturated carbocycles. The van der Waals surface area contributed by atoms with Crippen molar-refractivity contribution < 1.29 is 19.0 Å². The molecule has 1 saturated heterocycles. The van der Waals surface area contributed by atoms with Crippen LogP contribution in [0, 0.1) is 0 Å². The van der Waals surface area contributed by atoms with Crippen LogP contribution in [-0.2, 0) is 4.79 Å². The van der Waals surface area contributed by atoms with Crippen molar-refractivity contribution in [2.45, 2.75) is 5.03 Å². The molecule has 0 spiro atoms. The number of carbonyl (C=O) groups is 1. The molecule has 35 heavy (non-hydrogen) atoms. The average Bonchev–Trinajstić information content (AvgIpc) is 2.92. The molecule has 2 heterocycles. The van der Waals surface area contributed by atoms with Gasteiger partial charge in [-0.2, -0.15) is 0 Å². The zero-order valence-electron chi connectivity index (χ0n) is 20.1. The molecule has 3 aromatic rings. The molecule has 9 nitrogen and oxygen atoms in total. The lowest BCUT2D eigenvalue weighted by atomic mass is 10.2. The minimum absolute atomic E-state index is 0.147. The number of nitrogens with one attached hydrogen (secondary N) is 1. The highest BCUT2D eigenvalue weighted by molar-refractivity contribution is 7.99. The van der Waals surface area contributed by atoms with Crippen LogP contribution in [0.2, 0.25) is 0 Å². The molecular formula is C25H29N5O4S. The summed E-state index contributed by atoms with van der Waals surface area (Å²) in [4.78, 5) is 25.9. The Morgan fingerprint density at radius 1 is 0.886 bits per heavy atom. The summed E-state index contributed by atoms with van der Waals surface area (Å²) >= 11 is 1.37. The van der Waals surface area contributed by atoms with Crippen LogP contribution in [0.5, 0.6) is 17.2 Å². The fraction of sp³-hybridized carbons (Fsp3) is 0.320. The molecule has 1 N–H and O–H groups in total. The van der Waals surface area contributed by atoms with E-state index < -0.39 is 0 Å². The zero-order chi connectivity index (χ0) is 24.6. The molecule has 0 atom stereocenters. The number of methoxy groups -OCH3 is 3. The Morgan fingerprint density at radius 2 is 1.57 bits per heavy atom. The number of nitrogens with zero attached hydrogens (tertiary/aromatic N) is 4.